The van der Waals surface area contributed by atoms with Gasteiger partial charge in [-0.3, -0.25) is 0 Å². The predicted molar refractivity (Wildman–Crippen MR) is 134 cm³/mol. The van der Waals surface area contributed by atoms with Crippen molar-refractivity contribution in [2.24, 2.45) is 0 Å². The van der Waals surface area contributed by atoms with Crippen molar-refractivity contribution in [2.75, 3.05) is 19.8 Å². The van der Waals surface area contributed by atoms with Crippen LogP contribution in [-0.2, 0) is 0 Å². The van der Waals surface area contributed by atoms with Crippen molar-refractivity contribution in [1.82, 2.24) is 0 Å². The molecule has 0 atom stereocenters. The summed E-state index contributed by atoms with van der Waals surface area (Å²) >= 11 is 0. The van der Waals surface area contributed by atoms with E-state index in [0.29, 0.717) is 6.61 Å². The maximum Gasteiger partial charge on any atom is 0.203 e. The lowest BCUT2D eigenvalue weighted by atomic mass is 10.1. The molecule has 0 fully saturated rings. The SMILES string of the molecule is [CH2]c1cc(OCCCCCCC)c(OCCCCCCC)c(OCCCCCCC)c1. The molecule has 1 aromatic rings. The molecular formula is C28H49O3. The van der Waals surface area contributed by atoms with Crippen molar-refractivity contribution in [3.63, 3.8) is 0 Å². The molecule has 1 aromatic carbocycles. The van der Waals surface area contributed by atoms with Crippen LogP contribution in [0.15, 0.2) is 12.1 Å². The molecule has 1 radical (unpaired) electrons. The van der Waals surface area contributed by atoms with E-state index in [4.69, 9.17) is 14.2 Å². The molecule has 0 aliphatic rings. The summed E-state index contributed by atoms with van der Waals surface area (Å²) < 4.78 is 18.5. The van der Waals surface area contributed by atoms with Gasteiger partial charge < -0.3 is 14.2 Å². The fourth-order valence-corrected chi connectivity index (χ4v) is 3.64. The molecule has 0 aromatic heterocycles. The third kappa shape index (κ3) is 13.6. The van der Waals surface area contributed by atoms with Crippen molar-refractivity contribution in [2.45, 2.75) is 117 Å². The summed E-state index contributed by atoms with van der Waals surface area (Å²) in [4.78, 5) is 0. The molecule has 0 spiro atoms. The maximum atomic E-state index is 6.22. The zero-order valence-corrected chi connectivity index (χ0v) is 20.8. The summed E-state index contributed by atoms with van der Waals surface area (Å²) in [6, 6.07) is 3.99. The Hall–Kier alpha value is -1.38. The average molecular weight is 434 g/mol. The second kappa shape index (κ2) is 19.3. The van der Waals surface area contributed by atoms with Crippen LogP contribution in [0.4, 0.5) is 0 Å². The van der Waals surface area contributed by atoms with Crippen molar-refractivity contribution in [3.8, 4) is 17.2 Å². The van der Waals surface area contributed by atoms with Crippen LogP contribution in [0.2, 0.25) is 0 Å². The highest BCUT2D eigenvalue weighted by Gasteiger charge is 2.15. The van der Waals surface area contributed by atoms with Crippen LogP contribution in [0.1, 0.15) is 123 Å². The van der Waals surface area contributed by atoms with Gasteiger partial charge in [-0.1, -0.05) is 97.8 Å². The summed E-state index contributed by atoms with van der Waals surface area (Å²) in [6.07, 6.45) is 18.4. The minimum Gasteiger partial charge on any atom is -0.490 e. The van der Waals surface area contributed by atoms with Crippen LogP contribution < -0.4 is 14.2 Å². The third-order valence-corrected chi connectivity index (χ3v) is 5.59. The lowest BCUT2D eigenvalue weighted by molar-refractivity contribution is 0.234. The first-order chi connectivity index (χ1) is 15.2. The zero-order valence-electron chi connectivity index (χ0n) is 20.8. The van der Waals surface area contributed by atoms with Crippen LogP contribution in [0.25, 0.3) is 0 Å². The maximum absolute atomic E-state index is 6.22. The Kier molecular flexibility index (Phi) is 17.2. The Labute approximate surface area is 193 Å². The smallest absolute Gasteiger partial charge is 0.203 e. The summed E-state index contributed by atoms with van der Waals surface area (Å²) in [5.74, 6) is 2.35. The number of benzene rings is 1. The van der Waals surface area contributed by atoms with Gasteiger partial charge >= 0.3 is 0 Å². The summed E-state index contributed by atoms with van der Waals surface area (Å²) in [7, 11) is 0. The molecule has 3 nitrogen and oxygen atoms in total. The second-order valence-electron chi connectivity index (χ2n) is 8.71. The van der Waals surface area contributed by atoms with E-state index in [1.807, 2.05) is 12.1 Å². The van der Waals surface area contributed by atoms with Crippen molar-refractivity contribution in [3.05, 3.63) is 24.6 Å². The van der Waals surface area contributed by atoms with E-state index >= 15 is 0 Å². The molecule has 1 rings (SSSR count). The molecular weight excluding hydrogens is 384 g/mol. The second-order valence-corrected chi connectivity index (χ2v) is 8.71. The molecule has 0 bridgehead atoms. The van der Waals surface area contributed by atoms with E-state index in [0.717, 1.165) is 55.3 Å². The van der Waals surface area contributed by atoms with Crippen LogP contribution in [0, 0.1) is 6.92 Å². The predicted octanol–water partition coefficient (Wildman–Crippen LogP) is 8.92. The van der Waals surface area contributed by atoms with Gasteiger partial charge in [-0.25, -0.2) is 0 Å². The highest BCUT2D eigenvalue weighted by Crippen LogP contribution is 2.39. The van der Waals surface area contributed by atoms with Gasteiger partial charge in [-0.15, -0.1) is 0 Å². The average Bonchev–Trinajstić information content (AvgIpc) is 2.76. The molecule has 0 aliphatic heterocycles. The molecule has 0 heterocycles. The summed E-state index contributed by atoms with van der Waals surface area (Å²) in [5, 5.41) is 0. The molecule has 0 N–H and O–H groups in total. The van der Waals surface area contributed by atoms with Gasteiger partial charge in [0.15, 0.2) is 11.5 Å². The zero-order chi connectivity index (χ0) is 22.6. The van der Waals surface area contributed by atoms with E-state index in [-0.39, 0.29) is 0 Å². The van der Waals surface area contributed by atoms with Crippen LogP contribution >= 0.6 is 0 Å². The van der Waals surface area contributed by atoms with Gasteiger partial charge in [0.2, 0.25) is 5.75 Å². The van der Waals surface area contributed by atoms with Crippen molar-refractivity contribution < 1.29 is 14.2 Å². The normalized spacial score (nSPS) is 11.0. The molecule has 0 unspecified atom stereocenters. The highest BCUT2D eigenvalue weighted by molar-refractivity contribution is 5.54. The molecule has 0 saturated carbocycles. The molecule has 31 heavy (non-hydrogen) atoms. The Bertz CT molecular complexity index is 504. The van der Waals surface area contributed by atoms with Gasteiger partial charge in [0, 0.05) is 0 Å². The fourth-order valence-electron chi connectivity index (χ4n) is 3.64. The topological polar surface area (TPSA) is 27.7 Å². The van der Waals surface area contributed by atoms with Gasteiger partial charge in [-0.05, 0) is 43.9 Å². The van der Waals surface area contributed by atoms with E-state index in [9.17, 15) is 0 Å². The van der Waals surface area contributed by atoms with E-state index in [1.54, 1.807) is 0 Å². The Morgan fingerprint density at radius 3 is 1.26 bits per heavy atom. The monoisotopic (exact) mass is 433 g/mol. The third-order valence-electron chi connectivity index (χ3n) is 5.59. The number of hydrogen-bond donors (Lipinski definition) is 0. The fraction of sp³-hybridized carbons (Fsp3) is 0.750. The standard InChI is InChI=1S/C28H49O3/c1-5-8-11-14-17-20-29-26-23-25(4)24-27(30-21-18-15-12-9-6-2)28(26)31-22-19-16-13-10-7-3/h23-24H,4-22H2,1-3H3. The molecule has 179 valence electrons. The molecule has 0 aliphatic carbocycles. The summed E-state index contributed by atoms with van der Waals surface area (Å²) in [6.45, 7) is 13.0. The molecule has 0 amide bonds. The minimum absolute atomic E-state index is 0.708. The van der Waals surface area contributed by atoms with E-state index in [1.165, 1.54) is 77.0 Å². The Morgan fingerprint density at radius 2 is 0.871 bits per heavy atom. The number of rotatable bonds is 21. The Balaban J connectivity index is 2.66. The van der Waals surface area contributed by atoms with Gasteiger partial charge in [-0.2, -0.15) is 0 Å². The molecule has 0 saturated heterocycles. The number of hydrogen-bond acceptors (Lipinski definition) is 3. The van der Waals surface area contributed by atoms with Gasteiger partial charge in [0.05, 0.1) is 19.8 Å². The quantitative estimate of drug-likeness (QED) is 0.181. The van der Waals surface area contributed by atoms with Crippen LogP contribution in [-0.4, -0.2) is 19.8 Å². The van der Waals surface area contributed by atoms with Crippen LogP contribution in [0.5, 0.6) is 17.2 Å². The Morgan fingerprint density at radius 1 is 0.516 bits per heavy atom. The first kappa shape index (κ1) is 27.7. The number of unbranched alkanes of at least 4 members (excludes halogenated alkanes) is 12. The minimum atomic E-state index is 0.708. The largest absolute Gasteiger partial charge is 0.490 e. The molecule has 3 heteroatoms. The lowest BCUT2D eigenvalue weighted by Gasteiger charge is -2.18. The van der Waals surface area contributed by atoms with E-state index in [2.05, 4.69) is 27.7 Å². The van der Waals surface area contributed by atoms with E-state index < -0.39 is 0 Å². The number of ether oxygens (including phenoxy) is 3. The first-order valence-electron chi connectivity index (χ1n) is 13.1. The highest BCUT2D eigenvalue weighted by atomic mass is 16.5. The summed E-state index contributed by atoms with van der Waals surface area (Å²) in [5.41, 5.74) is 0.914. The lowest BCUT2D eigenvalue weighted by Crippen LogP contribution is -2.06. The van der Waals surface area contributed by atoms with Crippen molar-refractivity contribution >= 4 is 0 Å². The first-order valence-corrected chi connectivity index (χ1v) is 13.1. The van der Waals surface area contributed by atoms with Gasteiger partial charge in [0.25, 0.3) is 0 Å². The van der Waals surface area contributed by atoms with Crippen LogP contribution in [0.3, 0.4) is 0 Å². The van der Waals surface area contributed by atoms with Gasteiger partial charge in [0.1, 0.15) is 0 Å². The van der Waals surface area contributed by atoms with Crippen molar-refractivity contribution in [1.29, 1.82) is 0 Å².